The fourth-order valence-corrected chi connectivity index (χ4v) is 6.56. The third-order valence-electron chi connectivity index (χ3n) is 8.49. The first-order chi connectivity index (χ1) is 18.5. The zero-order valence-electron chi connectivity index (χ0n) is 22.2. The average Bonchev–Trinajstić information content (AvgIpc) is 3.24. The second-order valence-electron chi connectivity index (χ2n) is 10.9. The van der Waals surface area contributed by atoms with E-state index in [0.29, 0.717) is 31.7 Å². The van der Waals surface area contributed by atoms with Gasteiger partial charge in [0.15, 0.2) is 0 Å². The van der Waals surface area contributed by atoms with Crippen LogP contribution in [0.25, 0.3) is 10.9 Å². The summed E-state index contributed by atoms with van der Waals surface area (Å²) in [4.78, 5) is 27.8. The van der Waals surface area contributed by atoms with Crippen molar-refractivity contribution in [3.05, 3.63) is 71.2 Å². The van der Waals surface area contributed by atoms with Crippen molar-refractivity contribution in [2.24, 2.45) is 5.92 Å². The fourth-order valence-electron chi connectivity index (χ4n) is 6.56. The van der Waals surface area contributed by atoms with E-state index >= 15 is 0 Å². The Morgan fingerprint density at radius 2 is 1.87 bits per heavy atom. The van der Waals surface area contributed by atoms with Crippen LogP contribution in [-0.4, -0.2) is 39.2 Å². The average molecular weight is 520 g/mol. The maximum absolute atomic E-state index is 14.4. The first-order valence-corrected chi connectivity index (χ1v) is 14.1. The Bertz CT molecular complexity index is 1280. The molecule has 2 aliphatic rings. The minimum Gasteiger partial charge on any atom is -0.480 e. The van der Waals surface area contributed by atoms with Gasteiger partial charge in [-0.2, -0.15) is 0 Å². The summed E-state index contributed by atoms with van der Waals surface area (Å²) in [5.74, 6) is -0.719. The second-order valence-corrected chi connectivity index (χ2v) is 10.9. The van der Waals surface area contributed by atoms with E-state index in [-0.39, 0.29) is 17.9 Å². The van der Waals surface area contributed by atoms with Gasteiger partial charge in [-0.15, -0.1) is 0 Å². The van der Waals surface area contributed by atoms with Crippen molar-refractivity contribution in [1.82, 2.24) is 14.8 Å². The van der Waals surface area contributed by atoms with Gasteiger partial charge >= 0.3 is 12.0 Å². The van der Waals surface area contributed by atoms with Crippen molar-refractivity contribution in [1.29, 1.82) is 0 Å². The number of carbonyl (C=O) groups is 2. The highest BCUT2D eigenvalue weighted by atomic mass is 19.1. The molecule has 2 amide bonds. The van der Waals surface area contributed by atoms with Gasteiger partial charge in [-0.3, -0.25) is 0 Å². The molecule has 1 heterocycles. The van der Waals surface area contributed by atoms with Gasteiger partial charge in [0.25, 0.3) is 0 Å². The number of rotatable bonds is 8. The van der Waals surface area contributed by atoms with Crippen molar-refractivity contribution >= 4 is 22.9 Å². The summed E-state index contributed by atoms with van der Waals surface area (Å²) in [6, 6.07) is 13.8. The molecule has 6 nitrogen and oxygen atoms in total. The molecule has 1 aromatic heterocycles. The lowest BCUT2D eigenvalue weighted by Gasteiger charge is -2.38. The molecule has 0 radical (unpaired) electrons. The largest absolute Gasteiger partial charge is 0.480 e. The van der Waals surface area contributed by atoms with E-state index in [2.05, 4.69) is 5.32 Å². The normalized spacial score (nSPS) is 18.6. The van der Waals surface area contributed by atoms with Crippen LogP contribution in [0.3, 0.4) is 0 Å². The summed E-state index contributed by atoms with van der Waals surface area (Å²) in [7, 11) is 0. The first-order valence-electron chi connectivity index (χ1n) is 14.1. The summed E-state index contributed by atoms with van der Waals surface area (Å²) in [5.41, 5.74) is 3.78. The quantitative estimate of drug-likeness (QED) is 0.358. The minimum absolute atomic E-state index is 0.0209. The van der Waals surface area contributed by atoms with Crippen molar-refractivity contribution < 1.29 is 19.1 Å². The lowest BCUT2D eigenvalue weighted by molar-refractivity contribution is -0.140. The molecule has 0 bridgehead atoms. The number of nitrogens with zero attached hydrogens (tertiary/aromatic N) is 2. The molecule has 38 heavy (non-hydrogen) atoms. The minimum atomic E-state index is -0.877. The van der Waals surface area contributed by atoms with Crippen molar-refractivity contribution in [3.8, 4) is 0 Å². The highest BCUT2D eigenvalue weighted by Gasteiger charge is 2.35. The second kappa shape index (κ2) is 11.6. The zero-order valence-corrected chi connectivity index (χ0v) is 22.2. The van der Waals surface area contributed by atoms with Crippen LogP contribution in [0.15, 0.2) is 48.5 Å². The number of fused-ring (bicyclic) bond motifs is 3. The lowest BCUT2D eigenvalue weighted by atomic mass is 9.86. The highest BCUT2D eigenvalue weighted by molar-refractivity contribution is 5.88. The number of aliphatic carboxylic acids is 1. The molecular formula is C31H38FN3O3. The number of nitrogens with one attached hydrogen (secondary N) is 1. The van der Waals surface area contributed by atoms with Crippen LogP contribution in [-0.2, 0) is 24.2 Å². The number of carboxylic acid groups (broad SMARTS) is 1. The highest BCUT2D eigenvalue weighted by Crippen LogP contribution is 2.38. The maximum Gasteiger partial charge on any atom is 0.326 e. The standard InChI is InChI=1S/C31H38FN3O3/c1-2-27(30(36)37)35-28-15-13-23(32)17-25(28)26-18-24(14-16-29(26)35)34(20-22-11-7-4-8-12-22)31(38)33-19-21-9-5-3-6-10-21/h3,5-6,9-10,13,15,17,22,24,27H,2,4,7-8,11-12,14,16,18-20H2,1H3,(H,33,38)(H,36,37)/t24-,27?/m0/s1. The predicted molar refractivity (Wildman–Crippen MR) is 147 cm³/mol. The molecule has 0 saturated heterocycles. The smallest absolute Gasteiger partial charge is 0.326 e. The number of aromatic nitrogens is 1. The SMILES string of the molecule is CCC(C(=O)O)n1c2c(c3cc(F)ccc31)C[C@@H](N(CC1CCCCC1)C(=O)NCc1ccccc1)CC2. The van der Waals surface area contributed by atoms with Gasteiger partial charge in [-0.1, -0.05) is 56.5 Å². The summed E-state index contributed by atoms with van der Waals surface area (Å²) in [6.07, 6.45) is 8.42. The summed E-state index contributed by atoms with van der Waals surface area (Å²) >= 11 is 0. The maximum atomic E-state index is 14.4. The summed E-state index contributed by atoms with van der Waals surface area (Å²) < 4.78 is 16.3. The van der Waals surface area contributed by atoms with Crippen LogP contribution >= 0.6 is 0 Å². The van der Waals surface area contributed by atoms with Gasteiger partial charge in [0, 0.05) is 35.7 Å². The molecule has 2 aliphatic carbocycles. The van der Waals surface area contributed by atoms with E-state index in [1.165, 1.54) is 31.4 Å². The number of halogens is 1. The zero-order chi connectivity index (χ0) is 26.6. The van der Waals surface area contributed by atoms with Gasteiger partial charge < -0.3 is 19.9 Å². The number of urea groups is 1. The number of carbonyl (C=O) groups excluding carboxylic acids is 1. The van der Waals surface area contributed by atoms with E-state index < -0.39 is 12.0 Å². The fraction of sp³-hybridized carbons (Fsp3) is 0.484. The number of carboxylic acids is 1. The summed E-state index contributed by atoms with van der Waals surface area (Å²) in [5, 5.41) is 13.9. The Labute approximate surface area is 223 Å². The van der Waals surface area contributed by atoms with Gasteiger partial charge in [0.2, 0.25) is 0 Å². The van der Waals surface area contributed by atoms with Gasteiger partial charge in [-0.05, 0) is 73.8 Å². The molecule has 1 saturated carbocycles. The van der Waals surface area contributed by atoms with E-state index in [1.54, 1.807) is 6.07 Å². The molecule has 2 atom stereocenters. The Balaban J connectivity index is 1.46. The van der Waals surface area contributed by atoms with Crippen molar-refractivity contribution in [3.63, 3.8) is 0 Å². The Morgan fingerprint density at radius 1 is 1.11 bits per heavy atom. The Morgan fingerprint density at radius 3 is 2.58 bits per heavy atom. The number of amides is 2. The molecule has 3 aromatic rings. The number of benzene rings is 2. The molecule has 0 spiro atoms. The van der Waals surface area contributed by atoms with Crippen LogP contribution in [0.5, 0.6) is 0 Å². The number of hydrogen-bond acceptors (Lipinski definition) is 2. The third-order valence-corrected chi connectivity index (χ3v) is 8.49. The van der Waals surface area contributed by atoms with Crippen LogP contribution < -0.4 is 5.32 Å². The molecular weight excluding hydrogens is 481 g/mol. The first kappa shape index (κ1) is 26.3. The molecule has 202 valence electrons. The lowest BCUT2D eigenvalue weighted by Crippen LogP contribution is -2.50. The number of hydrogen-bond donors (Lipinski definition) is 2. The van der Waals surface area contributed by atoms with E-state index in [0.717, 1.165) is 53.5 Å². The topological polar surface area (TPSA) is 74.6 Å². The van der Waals surface area contributed by atoms with Crippen LogP contribution in [0, 0.1) is 11.7 Å². The van der Waals surface area contributed by atoms with Crippen molar-refractivity contribution in [2.75, 3.05) is 6.54 Å². The molecule has 1 unspecified atom stereocenters. The molecule has 1 fully saturated rings. The molecule has 2 aromatic carbocycles. The molecule has 7 heteroatoms. The van der Waals surface area contributed by atoms with Gasteiger partial charge in [0.05, 0.1) is 0 Å². The molecule has 2 N–H and O–H groups in total. The van der Waals surface area contributed by atoms with Crippen LogP contribution in [0.4, 0.5) is 9.18 Å². The van der Waals surface area contributed by atoms with Crippen molar-refractivity contribution in [2.45, 2.75) is 83.3 Å². The van der Waals surface area contributed by atoms with E-state index in [9.17, 15) is 19.1 Å². The van der Waals surface area contributed by atoms with Gasteiger partial charge in [0.1, 0.15) is 11.9 Å². The van der Waals surface area contributed by atoms with E-state index in [4.69, 9.17) is 0 Å². The predicted octanol–water partition coefficient (Wildman–Crippen LogP) is 6.47. The van der Waals surface area contributed by atoms with Crippen LogP contribution in [0.2, 0.25) is 0 Å². The monoisotopic (exact) mass is 519 g/mol. The van der Waals surface area contributed by atoms with E-state index in [1.807, 2.05) is 46.7 Å². The molecule has 5 rings (SSSR count). The Hall–Kier alpha value is -3.35. The Kier molecular flexibility index (Phi) is 8.01. The summed E-state index contributed by atoms with van der Waals surface area (Å²) in [6.45, 7) is 3.07. The van der Waals surface area contributed by atoms with Gasteiger partial charge in [-0.25, -0.2) is 14.0 Å². The molecule has 0 aliphatic heterocycles. The third kappa shape index (κ3) is 5.42. The van der Waals surface area contributed by atoms with Crippen LogP contribution in [0.1, 0.15) is 74.7 Å².